The van der Waals surface area contributed by atoms with Crippen LogP contribution in [0.2, 0.25) is 0 Å². The first-order chi connectivity index (χ1) is 7.14. The molecule has 1 amide bonds. The highest BCUT2D eigenvalue weighted by molar-refractivity contribution is 5.86. The first-order valence-electron chi connectivity index (χ1n) is 5.29. The first-order valence-corrected chi connectivity index (χ1v) is 5.29. The minimum absolute atomic E-state index is 0.0282. The van der Waals surface area contributed by atoms with Crippen molar-refractivity contribution in [2.24, 2.45) is 5.73 Å². The monoisotopic (exact) mass is 216 g/mol. The van der Waals surface area contributed by atoms with E-state index in [4.69, 9.17) is 15.2 Å². The van der Waals surface area contributed by atoms with Crippen LogP contribution in [0.3, 0.4) is 0 Å². The van der Waals surface area contributed by atoms with Crippen LogP contribution >= 0.6 is 0 Å². The molecule has 15 heavy (non-hydrogen) atoms. The predicted molar refractivity (Wildman–Crippen MR) is 56.5 cm³/mol. The summed E-state index contributed by atoms with van der Waals surface area (Å²) in [7, 11) is 1.62. The SMILES string of the molecule is CCN(CCOC)C(=O)C1(N)CCOC1. The zero-order valence-corrected chi connectivity index (χ0v) is 9.49. The molecule has 0 bridgehead atoms. The molecule has 1 atom stereocenters. The van der Waals surface area contributed by atoms with Gasteiger partial charge in [0.1, 0.15) is 5.54 Å². The van der Waals surface area contributed by atoms with Gasteiger partial charge < -0.3 is 20.1 Å². The van der Waals surface area contributed by atoms with Gasteiger partial charge in [-0.25, -0.2) is 0 Å². The molecular weight excluding hydrogens is 196 g/mol. The lowest BCUT2D eigenvalue weighted by Gasteiger charge is -2.29. The van der Waals surface area contributed by atoms with E-state index in [2.05, 4.69) is 0 Å². The van der Waals surface area contributed by atoms with E-state index in [-0.39, 0.29) is 5.91 Å². The van der Waals surface area contributed by atoms with Crippen LogP contribution in [0.4, 0.5) is 0 Å². The van der Waals surface area contributed by atoms with Gasteiger partial charge in [-0.05, 0) is 13.3 Å². The van der Waals surface area contributed by atoms with Crippen molar-refractivity contribution in [2.45, 2.75) is 18.9 Å². The van der Waals surface area contributed by atoms with Crippen molar-refractivity contribution in [1.29, 1.82) is 0 Å². The van der Waals surface area contributed by atoms with Crippen molar-refractivity contribution in [3.8, 4) is 0 Å². The van der Waals surface area contributed by atoms with E-state index in [1.807, 2.05) is 6.92 Å². The number of ether oxygens (including phenoxy) is 2. The van der Waals surface area contributed by atoms with Crippen molar-refractivity contribution >= 4 is 5.91 Å². The highest BCUT2D eigenvalue weighted by atomic mass is 16.5. The zero-order valence-electron chi connectivity index (χ0n) is 9.49. The van der Waals surface area contributed by atoms with Crippen LogP contribution in [0.25, 0.3) is 0 Å². The third-order valence-corrected chi connectivity index (χ3v) is 2.71. The standard InChI is InChI=1S/C10H20N2O3/c1-3-12(5-7-14-2)9(13)10(11)4-6-15-8-10/h3-8,11H2,1-2H3. The molecule has 1 heterocycles. The third-order valence-electron chi connectivity index (χ3n) is 2.71. The summed E-state index contributed by atoms with van der Waals surface area (Å²) >= 11 is 0. The van der Waals surface area contributed by atoms with E-state index >= 15 is 0 Å². The van der Waals surface area contributed by atoms with E-state index < -0.39 is 5.54 Å². The highest BCUT2D eigenvalue weighted by Crippen LogP contribution is 2.18. The van der Waals surface area contributed by atoms with Crippen molar-refractivity contribution in [3.05, 3.63) is 0 Å². The highest BCUT2D eigenvalue weighted by Gasteiger charge is 2.40. The normalized spacial score (nSPS) is 25.5. The van der Waals surface area contributed by atoms with Crippen LogP contribution in [0.15, 0.2) is 0 Å². The predicted octanol–water partition coefficient (Wildman–Crippen LogP) is -0.401. The molecule has 0 spiro atoms. The second-order valence-corrected chi connectivity index (χ2v) is 3.84. The van der Waals surface area contributed by atoms with Crippen molar-refractivity contribution in [3.63, 3.8) is 0 Å². The minimum atomic E-state index is -0.816. The Labute approximate surface area is 90.5 Å². The van der Waals surface area contributed by atoms with Gasteiger partial charge in [-0.1, -0.05) is 0 Å². The molecule has 0 aromatic heterocycles. The van der Waals surface area contributed by atoms with Gasteiger partial charge in [-0.15, -0.1) is 0 Å². The van der Waals surface area contributed by atoms with Gasteiger partial charge in [0.25, 0.3) is 0 Å². The van der Waals surface area contributed by atoms with Gasteiger partial charge >= 0.3 is 0 Å². The minimum Gasteiger partial charge on any atom is -0.383 e. The van der Waals surface area contributed by atoms with Gasteiger partial charge in [-0.3, -0.25) is 4.79 Å². The van der Waals surface area contributed by atoms with Gasteiger partial charge in [0.05, 0.1) is 13.2 Å². The fraction of sp³-hybridized carbons (Fsp3) is 0.900. The zero-order chi connectivity index (χ0) is 11.3. The molecule has 1 saturated heterocycles. The Morgan fingerprint density at radius 1 is 1.67 bits per heavy atom. The van der Waals surface area contributed by atoms with E-state index in [1.54, 1.807) is 12.0 Å². The molecule has 1 aliphatic rings. The number of hydrogen-bond acceptors (Lipinski definition) is 4. The maximum atomic E-state index is 12.1. The summed E-state index contributed by atoms with van der Waals surface area (Å²) < 4.78 is 10.1. The lowest BCUT2D eigenvalue weighted by atomic mass is 9.98. The van der Waals surface area contributed by atoms with Crippen molar-refractivity contribution < 1.29 is 14.3 Å². The maximum absolute atomic E-state index is 12.1. The molecular formula is C10H20N2O3. The maximum Gasteiger partial charge on any atom is 0.245 e. The molecule has 0 radical (unpaired) electrons. The van der Waals surface area contributed by atoms with Gasteiger partial charge in [0.2, 0.25) is 5.91 Å². The van der Waals surface area contributed by atoms with Crippen LogP contribution < -0.4 is 5.73 Å². The summed E-state index contributed by atoms with van der Waals surface area (Å²) in [4.78, 5) is 13.8. The molecule has 0 aromatic rings. The molecule has 0 saturated carbocycles. The first kappa shape index (κ1) is 12.4. The average molecular weight is 216 g/mol. The van der Waals surface area contributed by atoms with Crippen molar-refractivity contribution in [1.82, 2.24) is 4.90 Å². The third kappa shape index (κ3) is 2.90. The summed E-state index contributed by atoms with van der Waals surface area (Å²) in [5.74, 6) is -0.0282. The molecule has 1 aliphatic heterocycles. The topological polar surface area (TPSA) is 64.8 Å². The number of amides is 1. The van der Waals surface area contributed by atoms with E-state index in [0.29, 0.717) is 39.3 Å². The van der Waals surface area contributed by atoms with Crippen LogP contribution in [0, 0.1) is 0 Å². The largest absolute Gasteiger partial charge is 0.383 e. The molecule has 88 valence electrons. The molecule has 1 unspecified atom stereocenters. The molecule has 2 N–H and O–H groups in total. The molecule has 5 heteroatoms. The number of nitrogens with two attached hydrogens (primary N) is 1. The fourth-order valence-electron chi connectivity index (χ4n) is 1.67. The Balaban J connectivity index is 2.55. The van der Waals surface area contributed by atoms with Crippen LogP contribution in [0.5, 0.6) is 0 Å². The van der Waals surface area contributed by atoms with Crippen LogP contribution in [0.1, 0.15) is 13.3 Å². The second kappa shape index (κ2) is 5.44. The number of likely N-dealkylation sites (N-methyl/N-ethyl adjacent to an activating group) is 1. The molecule has 0 aliphatic carbocycles. The quantitative estimate of drug-likeness (QED) is 0.679. The lowest BCUT2D eigenvalue weighted by Crippen LogP contribution is -2.56. The smallest absolute Gasteiger partial charge is 0.245 e. The van der Waals surface area contributed by atoms with Crippen LogP contribution in [-0.4, -0.2) is 56.4 Å². The Morgan fingerprint density at radius 3 is 2.87 bits per heavy atom. The van der Waals surface area contributed by atoms with Gasteiger partial charge in [0.15, 0.2) is 0 Å². The summed E-state index contributed by atoms with van der Waals surface area (Å²) in [6.07, 6.45) is 0.606. The van der Waals surface area contributed by atoms with E-state index in [9.17, 15) is 4.79 Å². The Bertz CT molecular complexity index is 215. The second-order valence-electron chi connectivity index (χ2n) is 3.84. The van der Waals surface area contributed by atoms with Crippen molar-refractivity contribution in [2.75, 3.05) is 40.0 Å². The average Bonchev–Trinajstić information content (AvgIpc) is 2.67. The van der Waals surface area contributed by atoms with E-state index in [0.717, 1.165) is 0 Å². The summed E-state index contributed by atoms with van der Waals surface area (Å²) in [6.45, 7) is 4.62. The summed E-state index contributed by atoms with van der Waals surface area (Å²) in [6, 6.07) is 0. The Morgan fingerprint density at radius 2 is 2.40 bits per heavy atom. The molecule has 5 nitrogen and oxygen atoms in total. The number of carbonyl (C=O) groups excluding carboxylic acids is 1. The number of hydrogen-bond donors (Lipinski definition) is 1. The molecule has 1 rings (SSSR count). The fourth-order valence-corrected chi connectivity index (χ4v) is 1.67. The summed E-state index contributed by atoms with van der Waals surface area (Å²) in [5, 5.41) is 0. The number of rotatable bonds is 5. The number of carbonyl (C=O) groups is 1. The lowest BCUT2D eigenvalue weighted by molar-refractivity contribution is -0.137. The van der Waals surface area contributed by atoms with E-state index in [1.165, 1.54) is 0 Å². The van der Waals surface area contributed by atoms with Gasteiger partial charge in [0, 0.05) is 26.8 Å². The molecule has 0 aromatic carbocycles. The Kier molecular flexibility index (Phi) is 4.50. The molecule has 1 fully saturated rings. The summed E-state index contributed by atoms with van der Waals surface area (Å²) in [5.41, 5.74) is 5.18. The number of nitrogens with zero attached hydrogens (tertiary/aromatic N) is 1. The van der Waals surface area contributed by atoms with Crippen LogP contribution in [-0.2, 0) is 14.3 Å². The Hall–Kier alpha value is -0.650. The number of methoxy groups -OCH3 is 1. The van der Waals surface area contributed by atoms with Gasteiger partial charge in [-0.2, -0.15) is 0 Å².